The van der Waals surface area contributed by atoms with Gasteiger partial charge < -0.3 is 9.73 Å². The fourth-order valence-electron chi connectivity index (χ4n) is 3.01. The van der Waals surface area contributed by atoms with Crippen LogP contribution in [0.15, 0.2) is 51.6 Å². The van der Waals surface area contributed by atoms with E-state index in [1.165, 1.54) is 4.31 Å². The monoisotopic (exact) mass is 440 g/mol. The molecule has 1 aromatic heterocycles. The van der Waals surface area contributed by atoms with E-state index in [1.807, 2.05) is 12.1 Å². The Morgan fingerprint density at radius 3 is 2.50 bits per heavy atom. The molecular weight excluding hydrogens is 420 g/mol. The second kappa shape index (κ2) is 8.37. The third-order valence-corrected chi connectivity index (χ3v) is 6.88. The second-order valence-electron chi connectivity index (χ2n) is 6.35. The van der Waals surface area contributed by atoms with E-state index < -0.39 is 10.0 Å². The summed E-state index contributed by atoms with van der Waals surface area (Å²) in [5, 5.41) is 2.85. The third kappa shape index (κ3) is 4.96. The summed E-state index contributed by atoms with van der Waals surface area (Å²) in [5.74, 6) is 0.471. The topological polar surface area (TPSA) is 79.6 Å². The average molecular weight is 441 g/mol. The van der Waals surface area contributed by atoms with Crippen LogP contribution in [-0.2, 0) is 27.1 Å². The first-order chi connectivity index (χ1) is 12.4. The van der Waals surface area contributed by atoms with Crippen molar-refractivity contribution < 1.29 is 17.6 Å². The molecule has 8 heteroatoms. The van der Waals surface area contributed by atoms with E-state index >= 15 is 0 Å². The first-order valence-electron chi connectivity index (χ1n) is 8.46. The summed E-state index contributed by atoms with van der Waals surface area (Å²) in [6.07, 6.45) is 2.63. The Labute approximate surface area is 161 Å². The lowest BCUT2D eigenvalue weighted by Crippen LogP contribution is -2.43. The minimum atomic E-state index is -3.37. The zero-order chi connectivity index (χ0) is 18.6. The molecule has 26 heavy (non-hydrogen) atoms. The number of furan rings is 1. The quantitative estimate of drug-likeness (QED) is 0.748. The molecule has 1 saturated heterocycles. The van der Waals surface area contributed by atoms with Crippen LogP contribution in [0.4, 0.5) is 0 Å². The zero-order valence-electron chi connectivity index (χ0n) is 14.2. The van der Waals surface area contributed by atoms with Crippen molar-refractivity contribution >= 4 is 31.9 Å². The molecular formula is C18H21BrN2O4S. The number of nitrogens with zero attached hydrogens (tertiary/aromatic N) is 1. The van der Waals surface area contributed by atoms with E-state index in [-0.39, 0.29) is 17.6 Å². The molecule has 1 aliphatic rings. The maximum absolute atomic E-state index is 12.6. The maximum atomic E-state index is 12.6. The molecule has 0 spiro atoms. The highest BCUT2D eigenvalue weighted by Gasteiger charge is 2.31. The fraction of sp³-hybridized carbons (Fsp3) is 0.389. The standard InChI is InChI=1S/C18H21BrN2O4S/c19-16-5-3-14(4-6-16)13-26(23,24)21-9-7-15(8-10-21)18(22)20-12-17-2-1-11-25-17/h1-6,11,15H,7-10,12-13H2,(H,20,22). The Kier molecular flexibility index (Phi) is 6.16. The van der Waals surface area contributed by atoms with Crippen LogP contribution in [0.1, 0.15) is 24.2 Å². The van der Waals surface area contributed by atoms with Crippen molar-refractivity contribution in [3.63, 3.8) is 0 Å². The van der Waals surface area contributed by atoms with Gasteiger partial charge in [0, 0.05) is 23.5 Å². The van der Waals surface area contributed by atoms with Crippen LogP contribution in [0, 0.1) is 5.92 Å². The molecule has 0 atom stereocenters. The van der Waals surface area contributed by atoms with Crippen molar-refractivity contribution in [3.8, 4) is 0 Å². The van der Waals surface area contributed by atoms with Crippen molar-refractivity contribution in [2.24, 2.45) is 5.92 Å². The summed E-state index contributed by atoms with van der Waals surface area (Å²) in [6.45, 7) is 1.10. The molecule has 0 radical (unpaired) electrons. The van der Waals surface area contributed by atoms with Crippen LogP contribution in [0.2, 0.25) is 0 Å². The summed E-state index contributed by atoms with van der Waals surface area (Å²) < 4.78 is 32.8. The van der Waals surface area contributed by atoms with Gasteiger partial charge in [0.15, 0.2) is 0 Å². The molecule has 140 valence electrons. The first kappa shape index (κ1) is 19.1. The molecule has 1 N–H and O–H groups in total. The van der Waals surface area contributed by atoms with E-state index in [2.05, 4.69) is 21.2 Å². The van der Waals surface area contributed by atoms with Crippen LogP contribution in [0.25, 0.3) is 0 Å². The predicted molar refractivity (Wildman–Crippen MR) is 102 cm³/mol. The van der Waals surface area contributed by atoms with Gasteiger partial charge in [-0.1, -0.05) is 28.1 Å². The van der Waals surface area contributed by atoms with Gasteiger partial charge in [-0.05, 0) is 42.7 Å². The van der Waals surface area contributed by atoms with Crippen LogP contribution in [-0.4, -0.2) is 31.7 Å². The molecule has 0 saturated carbocycles. The summed E-state index contributed by atoms with van der Waals surface area (Å²) in [4.78, 5) is 12.2. The normalized spacial score (nSPS) is 16.5. The van der Waals surface area contributed by atoms with E-state index in [0.717, 1.165) is 10.0 Å². The number of sulfonamides is 1. The number of piperidine rings is 1. The van der Waals surface area contributed by atoms with Gasteiger partial charge in [0.1, 0.15) is 5.76 Å². The molecule has 1 fully saturated rings. The molecule has 0 aliphatic carbocycles. The number of nitrogens with one attached hydrogen (secondary N) is 1. The molecule has 2 aromatic rings. The number of carbonyl (C=O) groups is 1. The molecule has 0 bridgehead atoms. The highest BCUT2D eigenvalue weighted by atomic mass is 79.9. The first-order valence-corrected chi connectivity index (χ1v) is 10.9. The number of carbonyl (C=O) groups excluding carboxylic acids is 1. The number of amides is 1. The van der Waals surface area contributed by atoms with Gasteiger partial charge in [-0.2, -0.15) is 0 Å². The van der Waals surface area contributed by atoms with Gasteiger partial charge in [0.2, 0.25) is 15.9 Å². The van der Waals surface area contributed by atoms with E-state index in [0.29, 0.717) is 38.2 Å². The number of rotatable bonds is 6. The molecule has 3 rings (SSSR count). The smallest absolute Gasteiger partial charge is 0.223 e. The summed E-state index contributed by atoms with van der Waals surface area (Å²) in [7, 11) is -3.37. The molecule has 6 nitrogen and oxygen atoms in total. The van der Waals surface area contributed by atoms with E-state index in [1.54, 1.807) is 30.5 Å². The Bertz CT molecular complexity index is 827. The minimum Gasteiger partial charge on any atom is -0.467 e. The highest BCUT2D eigenvalue weighted by Crippen LogP contribution is 2.22. The van der Waals surface area contributed by atoms with Gasteiger partial charge in [0.05, 0.1) is 18.6 Å². The van der Waals surface area contributed by atoms with Gasteiger partial charge in [-0.15, -0.1) is 0 Å². The van der Waals surface area contributed by atoms with Gasteiger partial charge in [-0.3, -0.25) is 4.79 Å². The number of benzene rings is 1. The number of hydrogen-bond donors (Lipinski definition) is 1. The van der Waals surface area contributed by atoms with Crippen LogP contribution in [0.5, 0.6) is 0 Å². The average Bonchev–Trinajstić information content (AvgIpc) is 3.15. The van der Waals surface area contributed by atoms with Crippen molar-refractivity contribution in [3.05, 3.63) is 58.5 Å². The lowest BCUT2D eigenvalue weighted by atomic mass is 9.97. The second-order valence-corrected chi connectivity index (χ2v) is 9.24. The Morgan fingerprint density at radius 1 is 1.19 bits per heavy atom. The van der Waals surface area contributed by atoms with Gasteiger partial charge >= 0.3 is 0 Å². The lowest BCUT2D eigenvalue weighted by Gasteiger charge is -2.30. The van der Waals surface area contributed by atoms with E-state index in [4.69, 9.17) is 4.42 Å². The molecule has 1 aromatic carbocycles. The Morgan fingerprint density at radius 2 is 1.88 bits per heavy atom. The summed E-state index contributed by atoms with van der Waals surface area (Å²) in [5.41, 5.74) is 0.756. The van der Waals surface area contributed by atoms with Gasteiger partial charge in [-0.25, -0.2) is 12.7 Å². The lowest BCUT2D eigenvalue weighted by molar-refractivity contribution is -0.126. The fourth-order valence-corrected chi connectivity index (χ4v) is 4.84. The summed E-state index contributed by atoms with van der Waals surface area (Å²) >= 11 is 3.34. The number of hydrogen-bond acceptors (Lipinski definition) is 4. The van der Waals surface area contributed by atoms with Crippen molar-refractivity contribution in [1.29, 1.82) is 0 Å². The SMILES string of the molecule is O=C(NCc1ccco1)C1CCN(S(=O)(=O)Cc2ccc(Br)cc2)CC1. The zero-order valence-corrected chi connectivity index (χ0v) is 16.6. The maximum Gasteiger partial charge on any atom is 0.223 e. The van der Waals surface area contributed by atoms with Crippen LogP contribution in [0.3, 0.4) is 0 Å². The largest absolute Gasteiger partial charge is 0.467 e. The van der Waals surface area contributed by atoms with Crippen LogP contribution < -0.4 is 5.32 Å². The van der Waals surface area contributed by atoms with Crippen molar-refractivity contribution in [1.82, 2.24) is 9.62 Å². The van der Waals surface area contributed by atoms with E-state index in [9.17, 15) is 13.2 Å². The van der Waals surface area contributed by atoms with Crippen molar-refractivity contribution in [2.75, 3.05) is 13.1 Å². The molecule has 2 heterocycles. The van der Waals surface area contributed by atoms with Crippen molar-refractivity contribution in [2.45, 2.75) is 25.1 Å². The van der Waals surface area contributed by atoms with Gasteiger partial charge in [0.25, 0.3) is 0 Å². The number of halogens is 1. The Balaban J connectivity index is 1.50. The molecule has 0 unspecified atom stereocenters. The highest BCUT2D eigenvalue weighted by molar-refractivity contribution is 9.10. The third-order valence-electron chi connectivity index (χ3n) is 4.50. The minimum absolute atomic E-state index is 0.0182. The van der Waals surface area contributed by atoms with Crippen LogP contribution >= 0.6 is 15.9 Å². The molecule has 1 amide bonds. The Hall–Kier alpha value is -1.64. The predicted octanol–water partition coefficient (Wildman–Crippen LogP) is 2.90. The molecule has 1 aliphatic heterocycles. The summed E-state index contributed by atoms with van der Waals surface area (Å²) in [6, 6.07) is 10.8.